The predicted octanol–water partition coefficient (Wildman–Crippen LogP) is 1.59. The number of rotatable bonds is 5. The van der Waals surface area contributed by atoms with Gasteiger partial charge in [-0.05, 0) is 38.5 Å². The van der Waals surface area contributed by atoms with E-state index in [1.165, 1.54) is 18.2 Å². The van der Waals surface area contributed by atoms with Crippen LogP contribution in [0.5, 0.6) is 5.75 Å². The molecule has 1 aromatic rings. The Labute approximate surface area is 140 Å². The minimum absolute atomic E-state index is 0.0484. The van der Waals surface area contributed by atoms with Crippen LogP contribution in [0.25, 0.3) is 0 Å². The van der Waals surface area contributed by atoms with Crippen LogP contribution in [0.1, 0.15) is 37.9 Å². The Kier molecular flexibility index (Phi) is 5.83. The molecule has 1 rings (SSSR count). The van der Waals surface area contributed by atoms with E-state index in [2.05, 4.69) is 5.32 Å². The molecule has 0 aliphatic rings. The molecule has 1 unspecified atom stereocenters. The molecule has 0 heterocycles. The van der Waals surface area contributed by atoms with Gasteiger partial charge in [0.05, 0.1) is 5.75 Å². The molecular formula is C15H21NO7S. The summed E-state index contributed by atoms with van der Waals surface area (Å²) < 4.78 is 27.8. The fraction of sp³-hybridized carbons (Fsp3) is 0.467. The molecule has 0 aromatic heterocycles. The van der Waals surface area contributed by atoms with Gasteiger partial charge in [0, 0.05) is 11.8 Å². The fourth-order valence-electron chi connectivity index (χ4n) is 1.90. The third kappa shape index (κ3) is 6.45. The number of amides is 1. The second-order valence-corrected chi connectivity index (χ2v) is 8.52. The number of hydrogen-bond donors (Lipinski definition) is 3. The Morgan fingerprint density at radius 2 is 1.88 bits per heavy atom. The quantitative estimate of drug-likeness (QED) is 0.727. The summed E-state index contributed by atoms with van der Waals surface area (Å²) in [6, 6.07) is 2.26. The van der Waals surface area contributed by atoms with E-state index in [1.807, 2.05) is 0 Å². The molecule has 0 fully saturated rings. The highest BCUT2D eigenvalue weighted by Crippen LogP contribution is 2.25. The lowest BCUT2D eigenvalue weighted by molar-refractivity contribution is -0.139. The third-order valence-corrected chi connectivity index (χ3v) is 3.60. The van der Waals surface area contributed by atoms with Crippen molar-refractivity contribution in [1.82, 2.24) is 5.32 Å². The largest absolute Gasteiger partial charge is 0.508 e. The zero-order valence-electron chi connectivity index (χ0n) is 13.9. The summed E-state index contributed by atoms with van der Waals surface area (Å²) in [7, 11) is -3.43. The number of aromatic hydroxyl groups is 1. The highest BCUT2D eigenvalue weighted by Gasteiger charge is 2.26. The molecule has 3 N–H and O–H groups in total. The lowest BCUT2D eigenvalue weighted by Crippen LogP contribution is -2.38. The molecule has 0 saturated heterocycles. The summed E-state index contributed by atoms with van der Waals surface area (Å²) in [4.78, 5) is 23.2. The summed E-state index contributed by atoms with van der Waals surface area (Å²) in [6.07, 6.45) is 0.0693. The summed E-state index contributed by atoms with van der Waals surface area (Å²) in [5, 5.41) is 21.3. The number of carboxylic acid groups (broad SMARTS) is 1. The van der Waals surface area contributed by atoms with Gasteiger partial charge < -0.3 is 20.3 Å². The number of phenolic OH excluding ortho intramolecular Hbond substituents is 1. The Bertz CT molecular complexity index is 735. The normalized spacial score (nSPS) is 13.2. The molecule has 134 valence electrons. The highest BCUT2D eigenvalue weighted by atomic mass is 32.2. The van der Waals surface area contributed by atoms with E-state index in [9.17, 15) is 28.2 Å². The van der Waals surface area contributed by atoms with Crippen LogP contribution in [0.2, 0.25) is 0 Å². The Hall–Kier alpha value is -2.29. The summed E-state index contributed by atoms with van der Waals surface area (Å²) in [5.41, 5.74) is -0.638. The summed E-state index contributed by atoms with van der Waals surface area (Å²) >= 11 is 0. The zero-order valence-corrected chi connectivity index (χ0v) is 14.7. The number of carbonyl (C=O) groups is 2. The lowest BCUT2D eigenvalue weighted by Gasteiger charge is -2.22. The second kappa shape index (κ2) is 7.08. The molecule has 24 heavy (non-hydrogen) atoms. The smallest absolute Gasteiger partial charge is 0.408 e. The molecule has 8 nitrogen and oxygen atoms in total. The van der Waals surface area contributed by atoms with Gasteiger partial charge in [0.15, 0.2) is 15.9 Å². The molecular weight excluding hydrogens is 338 g/mol. The number of carbonyl (C=O) groups excluding carboxylic acids is 1. The van der Waals surface area contributed by atoms with Gasteiger partial charge in [-0.15, -0.1) is 0 Å². The van der Waals surface area contributed by atoms with Gasteiger partial charge in [-0.2, -0.15) is 0 Å². The van der Waals surface area contributed by atoms with E-state index in [0.717, 1.165) is 6.26 Å². The van der Waals surface area contributed by atoms with Gasteiger partial charge in [-0.25, -0.2) is 18.0 Å². The van der Waals surface area contributed by atoms with E-state index in [1.54, 1.807) is 20.8 Å². The van der Waals surface area contributed by atoms with Crippen molar-refractivity contribution in [2.75, 3.05) is 6.26 Å². The summed E-state index contributed by atoms with van der Waals surface area (Å²) in [5.74, 6) is -2.08. The number of alkyl carbamates (subject to hydrolysis) is 1. The summed E-state index contributed by atoms with van der Waals surface area (Å²) in [6.45, 7) is 4.90. The monoisotopic (exact) mass is 359 g/mol. The maximum Gasteiger partial charge on any atom is 0.408 e. The van der Waals surface area contributed by atoms with Gasteiger partial charge in [0.2, 0.25) is 0 Å². The van der Waals surface area contributed by atoms with Gasteiger partial charge >= 0.3 is 12.1 Å². The van der Waals surface area contributed by atoms with Gasteiger partial charge in [-0.1, -0.05) is 6.07 Å². The van der Waals surface area contributed by atoms with Crippen LogP contribution in [0.4, 0.5) is 4.79 Å². The first-order valence-electron chi connectivity index (χ1n) is 7.00. The number of aliphatic carboxylic acids is 1. The first-order valence-corrected chi connectivity index (χ1v) is 9.06. The number of ether oxygens (including phenoxy) is 1. The van der Waals surface area contributed by atoms with Crippen LogP contribution < -0.4 is 5.32 Å². The van der Waals surface area contributed by atoms with Crippen molar-refractivity contribution in [2.24, 2.45) is 0 Å². The SMILES string of the molecule is CC(C)(C)OC(=O)NC(C(=O)O)c1ccc(O)c(CS(C)(=O)=O)c1. The van der Waals surface area contributed by atoms with Crippen molar-refractivity contribution in [2.45, 2.75) is 38.2 Å². The molecule has 9 heteroatoms. The number of nitrogens with one attached hydrogen (secondary N) is 1. The van der Waals surface area contributed by atoms with Gasteiger partial charge in [-0.3, -0.25) is 0 Å². The molecule has 1 atom stereocenters. The number of phenols is 1. The topological polar surface area (TPSA) is 130 Å². The Balaban J connectivity index is 3.11. The first kappa shape index (κ1) is 19.8. The van der Waals surface area contributed by atoms with E-state index in [-0.39, 0.29) is 16.9 Å². The number of hydrogen-bond acceptors (Lipinski definition) is 6. The van der Waals surface area contributed by atoms with Gasteiger partial charge in [0.25, 0.3) is 0 Å². The van der Waals surface area contributed by atoms with E-state index >= 15 is 0 Å². The first-order chi connectivity index (χ1) is 10.8. The van der Waals surface area contributed by atoms with E-state index < -0.39 is 39.3 Å². The second-order valence-electron chi connectivity index (χ2n) is 6.38. The van der Waals surface area contributed by atoms with E-state index in [4.69, 9.17) is 4.74 Å². The molecule has 0 spiro atoms. The lowest BCUT2D eigenvalue weighted by atomic mass is 10.0. The van der Waals surface area contributed by atoms with Gasteiger partial charge in [0.1, 0.15) is 11.4 Å². The fourth-order valence-corrected chi connectivity index (χ4v) is 2.69. The molecule has 1 amide bonds. The number of benzene rings is 1. The minimum atomic E-state index is -3.43. The maximum absolute atomic E-state index is 11.8. The van der Waals surface area contributed by atoms with Crippen LogP contribution in [0.3, 0.4) is 0 Å². The van der Waals surface area contributed by atoms with Crippen LogP contribution in [0.15, 0.2) is 18.2 Å². The molecule has 0 radical (unpaired) electrons. The van der Waals surface area contributed by atoms with Crippen LogP contribution in [0, 0.1) is 0 Å². The van der Waals surface area contributed by atoms with Crippen molar-refractivity contribution in [1.29, 1.82) is 0 Å². The molecule has 0 aliphatic carbocycles. The third-order valence-electron chi connectivity index (χ3n) is 2.76. The Morgan fingerprint density at radius 1 is 1.29 bits per heavy atom. The van der Waals surface area contributed by atoms with Crippen LogP contribution in [-0.2, 0) is 25.1 Å². The number of sulfone groups is 1. The maximum atomic E-state index is 11.8. The van der Waals surface area contributed by atoms with Crippen molar-refractivity contribution in [3.63, 3.8) is 0 Å². The Morgan fingerprint density at radius 3 is 2.33 bits per heavy atom. The van der Waals surface area contributed by atoms with Crippen molar-refractivity contribution in [3.8, 4) is 5.75 Å². The molecule has 1 aromatic carbocycles. The minimum Gasteiger partial charge on any atom is -0.508 e. The van der Waals surface area contributed by atoms with Crippen molar-refractivity contribution < 1.29 is 33.0 Å². The standard InChI is InChI=1S/C15H21NO7S/c1-15(2,3)23-14(20)16-12(13(18)19)9-5-6-11(17)10(7-9)8-24(4,21)22/h5-7,12,17H,8H2,1-4H3,(H,16,20)(H,18,19). The average Bonchev–Trinajstić information content (AvgIpc) is 2.35. The van der Waals surface area contributed by atoms with Crippen molar-refractivity contribution >= 4 is 21.9 Å². The number of carboxylic acids is 1. The van der Waals surface area contributed by atoms with Crippen LogP contribution in [-0.4, -0.2) is 42.6 Å². The van der Waals surface area contributed by atoms with E-state index in [0.29, 0.717) is 0 Å². The molecule has 0 saturated carbocycles. The molecule has 0 bridgehead atoms. The predicted molar refractivity (Wildman–Crippen MR) is 86.4 cm³/mol. The molecule has 0 aliphatic heterocycles. The van der Waals surface area contributed by atoms with Crippen molar-refractivity contribution in [3.05, 3.63) is 29.3 Å². The average molecular weight is 359 g/mol. The zero-order chi connectivity index (χ0) is 18.7. The van der Waals surface area contributed by atoms with Crippen LogP contribution >= 0.6 is 0 Å². The highest BCUT2D eigenvalue weighted by molar-refractivity contribution is 7.89.